The van der Waals surface area contributed by atoms with Gasteiger partial charge in [-0.25, -0.2) is 4.68 Å². The largest absolute Gasteiger partial charge is 0.467 e. The maximum Gasteiger partial charge on any atom is 0.245 e. The van der Waals surface area contributed by atoms with Crippen molar-refractivity contribution < 1.29 is 9.21 Å². The Bertz CT molecular complexity index is 695. The normalized spacial score (nSPS) is 10.5. The predicted octanol–water partition coefficient (Wildman–Crippen LogP) is 1.50. The number of tetrazole rings is 1. The van der Waals surface area contributed by atoms with Crippen LogP contribution in [0, 0.1) is 0 Å². The highest BCUT2D eigenvalue weighted by atomic mass is 16.3. The van der Waals surface area contributed by atoms with E-state index in [-0.39, 0.29) is 12.5 Å². The number of aromatic nitrogens is 4. The Labute approximate surface area is 127 Å². The summed E-state index contributed by atoms with van der Waals surface area (Å²) in [7, 11) is 0. The van der Waals surface area contributed by atoms with Crippen molar-refractivity contribution >= 4 is 5.91 Å². The van der Waals surface area contributed by atoms with Crippen LogP contribution >= 0.6 is 0 Å². The summed E-state index contributed by atoms with van der Waals surface area (Å²) in [6.45, 7) is 1.01. The molecule has 0 N–H and O–H groups in total. The van der Waals surface area contributed by atoms with Crippen LogP contribution in [0.15, 0.2) is 59.5 Å². The molecule has 0 aliphatic rings. The fraction of sp³-hybridized carbons (Fsp3) is 0.200. The number of amides is 1. The predicted molar refractivity (Wildman–Crippen MR) is 77.2 cm³/mol. The third-order valence-electron chi connectivity index (χ3n) is 3.18. The Kier molecular flexibility index (Phi) is 4.24. The van der Waals surface area contributed by atoms with Gasteiger partial charge in [-0.1, -0.05) is 30.3 Å². The van der Waals surface area contributed by atoms with Crippen molar-refractivity contribution in [3.8, 4) is 0 Å². The average molecular weight is 297 g/mol. The second kappa shape index (κ2) is 6.66. The molecule has 7 heteroatoms. The Balaban J connectivity index is 1.74. The van der Waals surface area contributed by atoms with Crippen molar-refractivity contribution in [2.45, 2.75) is 19.6 Å². The van der Waals surface area contributed by atoms with Gasteiger partial charge in [0.15, 0.2) is 0 Å². The minimum atomic E-state index is -0.0763. The number of rotatable bonds is 6. The zero-order chi connectivity index (χ0) is 15.2. The van der Waals surface area contributed by atoms with E-state index in [9.17, 15) is 4.79 Å². The lowest BCUT2D eigenvalue weighted by atomic mass is 10.2. The van der Waals surface area contributed by atoms with Gasteiger partial charge in [0.1, 0.15) is 18.6 Å². The van der Waals surface area contributed by atoms with Crippen LogP contribution in [0.1, 0.15) is 11.3 Å². The van der Waals surface area contributed by atoms with Gasteiger partial charge in [0.2, 0.25) is 5.91 Å². The first kappa shape index (κ1) is 14.0. The van der Waals surface area contributed by atoms with E-state index in [1.807, 2.05) is 42.5 Å². The van der Waals surface area contributed by atoms with E-state index in [1.165, 1.54) is 11.0 Å². The molecule has 7 nitrogen and oxygen atoms in total. The molecule has 0 spiro atoms. The second-order valence-corrected chi connectivity index (χ2v) is 4.82. The van der Waals surface area contributed by atoms with Crippen molar-refractivity contribution in [3.63, 3.8) is 0 Å². The maximum atomic E-state index is 12.5. The highest BCUT2D eigenvalue weighted by Gasteiger charge is 2.17. The Morgan fingerprint density at radius 2 is 2.00 bits per heavy atom. The third-order valence-corrected chi connectivity index (χ3v) is 3.18. The zero-order valence-corrected chi connectivity index (χ0v) is 11.9. The number of carbonyl (C=O) groups excluding carboxylic acids is 1. The molecule has 22 heavy (non-hydrogen) atoms. The minimum absolute atomic E-state index is 0.0763. The SMILES string of the molecule is O=C(Cn1cnnn1)N(Cc1ccccc1)Cc1ccco1. The lowest BCUT2D eigenvalue weighted by Crippen LogP contribution is -2.33. The summed E-state index contributed by atoms with van der Waals surface area (Å²) < 4.78 is 6.75. The summed E-state index contributed by atoms with van der Waals surface area (Å²) in [5.41, 5.74) is 1.05. The number of carbonyl (C=O) groups is 1. The molecule has 112 valence electrons. The summed E-state index contributed by atoms with van der Waals surface area (Å²) in [5, 5.41) is 10.8. The van der Waals surface area contributed by atoms with E-state index in [1.54, 1.807) is 11.2 Å². The molecule has 0 saturated carbocycles. The van der Waals surface area contributed by atoms with E-state index in [4.69, 9.17) is 4.42 Å². The highest BCUT2D eigenvalue weighted by Crippen LogP contribution is 2.11. The standard InChI is InChI=1S/C15H15N5O2/c21-15(11-20-12-16-17-18-20)19(10-14-7-4-8-22-14)9-13-5-2-1-3-6-13/h1-8,12H,9-11H2. The van der Waals surface area contributed by atoms with Gasteiger partial charge in [-0.05, 0) is 28.1 Å². The first-order valence-corrected chi connectivity index (χ1v) is 6.86. The van der Waals surface area contributed by atoms with Gasteiger partial charge in [-0.15, -0.1) is 5.10 Å². The van der Waals surface area contributed by atoms with Crippen LogP contribution in [-0.4, -0.2) is 31.0 Å². The van der Waals surface area contributed by atoms with Crippen LogP contribution in [0.2, 0.25) is 0 Å². The Morgan fingerprint density at radius 1 is 1.14 bits per heavy atom. The third kappa shape index (κ3) is 3.57. The molecule has 3 aromatic rings. The fourth-order valence-electron chi connectivity index (χ4n) is 2.12. The van der Waals surface area contributed by atoms with Gasteiger partial charge in [0, 0.05) is 6.54 Å². The Morgan fingerprint density at radius 3 is 2.68 bits per heavy atom. The van der Waals surface area contributed by atoms with Crippen LogP contribution in [0.5, 0.6) is 0 Å². The number of benzene rings is 1. The summed E-state index contributed by atoms with van der Waals surface area (Å²) in [4.78, 5) is 14.2. The molecular weight excluding hydrogens is 282 g/mol. The van der Waals surface area contributed by atoms with E-state index in [2.05, 4.69) is 15.5 Å². The first-order chi connectivity index (χ1) is 10.8. The molecule has 2 aromatic heterocycles. The molecule has 1 amide bonds. The number of hydrogen-bond acceptors (Lipinski definition) is 5. The van der Waals surface area contributed by atoms with Crippen molar-refractivity contribution in [1.82, 2.24) is 25.1 Å². The highest BCUT2D eigenvalue weighted by molar-refractivity contribution is 5.75. The molecule has 0 atom stereocenters. The van der Waals surface area contributed by atoms with Crippen LogP contribution < -0.4 is 0 Å². The molecule has 1 aromatic carbocycles. The molecule has 0 unspecified atom stereocenters. The summed E-state index contributed by atoms with van der Waals surface area (Å²) in [5.74, 6) is 0.661. The molecule has 0 fully saturated rings. The smallest absolute Gasteiger partial charge is 0.245 e. The van der Waals surface area contributed by atoms with Gasteiger partial charge >= 0.3 is 0 Å². The molecule has 0 radical (unpaired) electrons. The number of hydrogen-bond donors (Lipinski definition) is 0. The molecule has 0 aliphatic carbocycles. The van der Waals surface area contributed by atoms with Gasteiger partial charge in [-0.2, -0.15) is 0 Å². The monoisotopic (exact) mass is 297 g/mol. The zero-order valence-electron chi connectivity index (χ0n) is 11.9. The fourth-order valence-corrected chi connectivity index (χ4v) is 2.12. The van der Waals surface area contributed by atoms with Crippen molar-refractivity contribution in [2.75, 3.05) is 0 Å². The number of nitrogens with zero attached hydrogens (tertiary/aromatic N) is 5. The molecule has 0 saturated heterocycles. The summed E-state index contributed by atoms with van der Waals surface area (Å²) in [6.07, 6.45) is 3.02. The first-order valence-electron chi connectivity index (χ1n) is 6.86. The lowest BCUT2D eigenvalue weighted by Gasteiger charge is -2.21. The molecular formula is C15H15N5O2. The molecule has 0 bridgehead atoms. The van der Waals surface area contributed by atoms with Gasteiger partial charge < -0.3 is 9.32 Å². The van der Waals surface area contributed by atoms with Crippen molar-refractivity contribution in [1.29, 1.82) is 0 Å². The lowest BCUT2D eigenvalue weighted by molar-refractivity contribution is -0.133. The second-order valence-electron chi connectivity index (χ2n) is 4.82. The maximum absolute atomic E-state index is 12.5. The van der Waals surface area contributed by atoms with E-state index >= 15 is 0 Å². The van der Waals surface area contributed by atoms with E-state index < -0.39 is 0 Å². The van der Waals surface area contributed by atoms with E-state index in [0.29, 0.717) is 13.1 Å². The quantitative estimate of drug-likeness (QED) is 0.689. The van der Waals surface area contributed by atoms with Crippen LogP contribution in [0.3, 0.4) is 0 Å². The van der Waals surface area contributed by atoms with Crippen LogP contribution in [0.4, 0.5) is 0 Å². The van der Waals surface area contributed by atoms with Gasteiger partial charge in [0.25, 0.3) is 0 Å². The molecule has 0 aliphatic heterocycles. The van der Waals surface area contributed by atoms with Gasteiger partial charge in [-0.3, -0.25) is 4.79 Å². The summed E-state index contributed by atoms with van der Waals surface area (Å²) >= 11 is 0. The average Bonchev–Trinajstić information content (AvgIpc) is 3.21. The van der Waals surface area contributed by atoms with Crippen molar-refractivity contribution in [2.24, 2.45) is 0 Å². The van der Waals surface area contributed by atoms with Gasteiger partial charge in [0.05, 0.1) is 12.8 Å². The summed E-state index contributed by atoms with van der Waals surface area (Å²) in [6, 6.07) is 13.5. The Hall–Kier alpha value is -2.96. The van der Waals surface area contributed by atoms with Crippen LogP contribution in [-0.2, 0) is 24.4 Å². The topological polar surface area (TPSA) is 77.1 Å². The number of furan rings is 1. The minimum Gasteiger partial charge on any atom is -0.467 e. The van der Waals surface area contributed by atoms with Crippen molar-refractivity contribution in [3.05, 3.63) is 66.4 Å². The molecule has 2 heterocycles. The van der Waals surface area contributed by atoms with E-state index in [0.717, 1.165) is 11.3 Å². The molecule has 3 rings (SSSR count). The van der Waals surface area contributed by atoms with Crippen LogP contribution in [0.25, 0.3) is 0 Å².